The van der Waals surface area contributed by atoms with Crippen LogP contribution in [0.3, 0.4) is 0 Å². The first kappa shape index (κ1) is 15.9. The van der Waals surface area contributed by atoms with E-state index in [0.717, 1.165) is 22.1 Å². The molecule has 0 aromatic heterocycles. The van der Waals surface area contributed by atoms with Crippen molar-refractivity contribution in [2.24, 2.45) is 5.92 Å². The average Bonchev–Trinajstić information content (AvgIpc) is 3.30. The Morgan fingerprint density at radius 1 is 1.04 bits per heavy atom. The Balaban J connectivity index is 1.27. The summed E-state index contributed by atoms with van der Waals surface area (Å²) in [6, 6.07) is 10.8. The average molecular weight is 369 g/mol. The zero-order chi connectivity index (χ0) is 17.5. The van der Waals surface area contributed by atoms with Crippen LogP contribution in [0.25, 0.3) is 11.4 Å². The number of hydrogen-bond acceptors (Lipinski definition) is 5. The van der Waals surface area contributed by atoms with Crippen LogP contribution in [0, 0.1) is 5.92 Å². The van der Waals surface area contributed by atoms with Gasteiger partial charge < -0.3 is 5.32 Å². The third kappa shape index (κ3) is 2.79. The summed E-state index contributed by atoms with van der Waals surface area (Å²) in [5, 5.41) is 4.42. The molecule has 0 saturated heterocycles. The fraction of sp³-hybridized carbons (Fsp3) is 0.368. The predicted molar refractivity (Wildman–Crippen MR) is 103 cm³/mol. The summed E-state index contributed by atoms with van der Waals surface area (Å²) in [4.78, 5) is 8.73. The molecule has 1 unspecified atom stereocenters. The first-order chi connectivity index (χ1) is 12.8. The van der Waals surface area contributed by atoms with Crippen molar-refractivity contribution in [1.82, 2.24) is 20.1 Å². The van der Waals surface area contributed by atoms with Crippen molar-refractivity contribution < 1.29 is 0 Å². The lowest BCUT2D eigenvalue weighted by molar-refractivity contribution is 0.276. The molecule has 0 amide bonds. The largest absolute Gasteiger partial charge is 0.382 e. The number of aromatic nitrogens is 3. The lowest BCUT2D eigenvalue weighted by Crippen LogP contribution is -2.33. The molecule has 1 fully saturated rings. The van der Waals surface area contributed by atoms with E-state index < -0.39 is 0 Å². The maximum Gasteiger partial charge on any atom is 0.162 e. The number of anilines is 1. The van der Waals surface area contributed by atoms with Gasteiger partial charge in [0, 0.05) is 28.5 Å². The molecule has 1 saturated carbocycles. The van der Waals surface area contributed by atoms with Crippen molar-refractivity contribution >= 4 is 17.3 Å². The molecular formula is C19H21ClN6. The summed E-state index contributed by atoms with van der Waals surface area (Å²) in [6.07, 6.45) is 8.34. The van der Waals surface area contributed by atoms with Gasteiger partial charge in [-0.05, 0) is 61.9 Å². The highest BCUT2D eigenvalue weighted by molar-refractivity contribution is 6.30. The minimum Gasteiger partial charge on any atom is -0.382 e. The van der Waals surface area contributed by atoms with Crippen LogP contribution in [0.1, 0.15) is 37.4 Å². The van der Waals surface area contributed by atoms with Crippen molar-refractivity contribution in [3.63, 3.8) is 0 Å². The van der Waals surface area contributed by atoms with E-state index in [4.69, 9.17) is 11.6 Å². The van der Waals surface area contributed by atoms with E-state index in [1.165, 1.54) is 31.4 Å². The Kier molecular flexibility index (Phi) is 3.94. The second-order valence-corrected chi connectivity index (χ2v) is 7.62. The van der Waals surface area contributed by atoms with Gasteiger partial charge in [0.05, 0.1) is 11.7 Å². The van der Waals surface area contributed by atoms with Crippen molar-refractivity contribution in [3.05, 3.63) is 53.6 Å². The van der Waals surface area contributed by atoms with E-state index in [0.29, 0.717) is 18.0 Å². The van der Waals surface area contributed by atoms with E-state index >= 15 is 0 Å². The molecule has 0 radical (unpaired) electrons. The van der Waals surface area contributed by atoms with Crippen molar-refractivity contribution in [2.75, 3.05) is 10.9 Å². The highest BCUT2D eigenvalue weighted by atomic mass is 35.5. The molecule has 7 heteroatoms. The van der Waals surface area contributed by atoms with Crippen molar-refractivity contribution in [3.8, 4) is 11.4 Å². The van der Waals surface area contributed by atoms with Gasteiger partial charge in [-0.15, -0.1) is 0 Å². The van der Waals surface area contributed by atoms with Crippen LogP contribution in [-0.4, -0.2) is 20.7 Å². The Labute approximate surface area is 157 Å². The summed E-state index contributed by atoms with van der Waals surface area (Å²) in [7, 11) is 0. The first-order valence-corrected chi connectivity index (χ1v) is 9.51. The number of hydrogen-bond donors (Lipinski definition) is 3. The summed E-state index contributed by atoms with van der Waals surface area (Å²) in [6.45, 7) is 0. The predicted octanol–water partition coefficient (Wildman–Crippen LogP) is 3.81. The van der Waals surface area contributed by atoms with E-state index in [1.54, 1.807) is 0 Å². The Morgan fingerprint density at radius 3 is 2.65 bits per heavy atom. The van der Waals surface area contributed by atoms with Gasteiger partial charge in [0.15, 0.2) is 5.82 Å². The number of fused-ring (bicyclic) bond motifs is 3. The van der Waals surface area contributed by atoms with Crippen LogP contribution in [0.4, 0.5) is 5.69 Å². The molecule has 134 valence electrons. The maximum atomic E-state index is 5.97. The van der Waals surface area contributed by atoms with Crippen LogP contribution in [0.15, 0.2) is 42.9 Å². The molecule has 26 heavy (non-hydrogen) atoms. The minimum atomic E-state index is 0.293. The topological polar surface area (TPSA) is 66.8 Å². The third-order valence-corrected chi connectivity index (χ3v) is 5.86. The quantitative estimate of drug-likeness (QED) is 0.656. The summed E-state index contributed by atoms with van der Waals surface area (Å²) in [5.41, 5.74) is 10.2. The Morgan fingerprint density at radius 2 is 1.85 bits per heavy atom. The molecule has 1 aliphatic carbocycles. The van der Waals surface area contributed by atoms with E-state index in [2.05, 4.69) is 44.4 Å². The maximum absolute atomic E-state index is 5.97. The number of halogens is 1. The number of benzene rings is 1. The van der Waals surface area contributed by atoms with Gasteiger partial charge in [-0.1, -0.05) is 11.6 Å². The van der Waals surface area contributed by atoms with Crippen molar-refractivity contribution in [1.29, 1.82) is 0 Å². The van der Waals surface area contributed by atoms with Crippen LogP contribution in [0.2, 0.25) is 5.02 Å². The molecule has 4 aliphatic rings. The molecule has 0 bridgehead atoms. The molecule has 1 aromatic rings. The van der Waals surface area contributed by atoms with Gasteiger partial charge in [0.25, 0.3) is 0 Å². The van der Waals surface area contributed by atoms with Gasteiger partial charge in [0.2, 0.25) is 0 Å². The summed E-state index contributed by atoms with van der Waals surface area (Å²) >= 11 is 5.97. The number of nitrogens with zero attached hydrogens (tertiary/aromatic N) is 3. The van der Waals surface area contributed by atoms with Gasteiger partial charge in [-0.25, -0.2) is 20.1 Å². The third-order valence-electron chi connectivity index (χ3n) is 5.60. The number of rotatable bonds is 3. The fourth-order valence-electron chi connectivity index (χ4n) is 4.27. The van der Waals surface area contributed by atoms with Crippen LogP contribution < -0.4 is 16.3 Å². The number of nitrogens with one attached hydrogen (secondary N) is 3. The standard InChI is InChI=1S/C19H21ClN6/c20-13-3-7-15(8-4-13)23-14-5-1-12(2-6-14)17-18-16-9-10-21-19(16)22-11-26(18)25-24-17/h3-4,7-12,14,17,23-25H,1-2,5-6H2. The van der Waals surface area contributed by atoms with Crippen molar-refractivity contribution in [2.45, 2.75) is 37.8 Å². The molecule has 3 heterocycles. The lowest BCUT2D eigenvalue weighted by atomic mass is 9.80. The lowest BCUT2D eigenvalue weighted by Gasteiger charge is -2.33. The van der Waals surface area contributed by atoms with Gasteiger partial charge in [-0.3, -0.25) is 5.53 Å². The van der Waals surface area contributed by atoms with Crippen LogP contribution in [0.5, 0.6) is 0 Å². The Bertz CT molecular complexity index is 868. The Hall–Kier alpha value is -2.31. The number of hydrazine groups is 1. The molecule has 5 rings (SSSR count). The fourth-order valence-corrected chi connectivity index (χ4v) is 4.39. The highest BCUT2D eigenvalue weighted by Crippen LogP contribution is 2.40. The molecule has 1 atom stereocenters. The molecule has 1 aromatic carbocycles. The zero-order valence-electron chi connectivity index (χ0n) is 14.3. The highest BCUT2D eigenvalue weighted by Gasteiger charge is 2.35. The molecule has 3 aliphatic heterocycles. The SMILES string of the molecule is Clc1ccc(NC2CCC(C3NNn4cnc5nccc-5c43)CC2)cc1. The smallest absolute Gasteiger partial charge is 0.162 e. The van der Waals surface area contributed by atoms with Gasteiger partial charge >= 0.3 is 0 Å². The summed E-state index contributed by atoms with van der Waals surface area (Å²) < 4.78 is 1.99. The van der Waals surface area contributed by atoms with E-state index in [-0.39, 0.29) is 0 Å². The normalized spacial score (nSPS) is 25.0. The molecular weight excluding hydrogens is 348 g/mol. The molecule has 3 N–H and O–H groups in total. The second kappa shape index (κ2) is 6.45. The van der Waals surface area contributed by atoms with Gasteiger partial charge in [-0.2, -0.15) is 0 Å². The van der Waals surface area contributed by atoms with Crippen LogP contribution >= 0.6 is 11.6 Å². The van der Waals surface area contributed by atoms with Crippen LogP contribution in [-0.2, 0) is 0 Å². The van der Waals surface area contributed by atoms with E-state index in [1.807, 2.05) is 29.3 Å². The molecule has 0 spiro atoms. The zero-order valence-corrected chi connectivity index (χ0v) is 15.1. The first-order valence-electron chi connectivity index (χ1n) is 9.13. The monoisotopic (exact) mass is 368 g/mol. The van der Waals surface area contributed by atoms with Gasteiger partial charge in [0.1, 0.15) is 6.33 Å². The molecule has 6 nitrogen and oxygen atoms in total. The second-order valence-electron chi connectivity index (χ2n) is 7.18. The van der Waals surface area contributed by atoms with E-state index in [9.17, 15) is 0 Å². The summed E-state index contributed by atoms with van der Waals surface area (Å²) in [5.74, 6) is 1.42. The minimum absolute atomic E-state index is 0.293.